The van der Waals surface area contributed by atoms with E-state index in [0.29, 0.717) is 25.2 Å². The van der Waals surface area contributed by atoms with Gasteiger partial charge in [-0.2, -0.15) is 13.2 Å². The van der Waals surface area contributed by atoms with Gasteiger partial charge in [-0.05, 0) is 18.2 Å². The van der Waals surface area contributed by atoms with Crippen molar-refractivity contribution < 1.29 is 27.5 Å². The molecule has 0 aromatic heterocycles. The first-order chi connectivity index (χ1) is 10.2. The Morgan fingerprint density at radius 3 is 2.59 bits per heavy atom. The van der Waals surface area contributed by atoms with E-state index >= 15 is 0 Å². The van der Waals surface area contributed by atoms with E-state index in [4.69, 9.17) is 10.5 Å². The van der Waals surface area contributed by atoms with E-state index in [9.17, 15) is 22.8 Å². The normalized spacial score (nSPS) is 18.4. The second-order valence-corrected chi connectivity index (χ2v) is 5.06. The molecule has 1 atom stereocenters. The number of benzene rings is 1. The van der Waals surface area contributed by atoms with Crippen LogP contribution < -0.4 is 10.6 Å². The Kier molecular flexibility index (Phi) is 4.30. The molecule has 5 nitrogen and oxygen atoms in total. The summed E-state index contributed by atoms with van der Waals surface area (Å²) in [6, 6.07) is 3.25. The molecule has 1 aliphatic rings. The Bertz CT molecular complexity index is 601. The van der Waals surface area contributed by atoms with Crippen LogP contribution in [0.25, 0.3) is 0 Å². The van der Waals surface area contributed by atoms with Gasteiger partial charge in [-0.15, -0.1) is 0 Å². The Morgan fingerprint density at radius 1 is 1.36 bits per heavy atom. The lowest BCUT2D eigenvalue weighted by atomic mass is 10.1. The summed E-state index contributed by atoms with van der Waals surface area (Å²) in [5, 5.41) is 0. The highest BCUT2D eigenvalue weighted by atomic mass is 19.4. The third-order valence-corrected chi connectivity index (χ3v) is 3.42. The van der Waals surface area contributed by atoms with E-state index in [0.717, 1.165) is 12.1 Å². The van der Waals surface area contributed by atoms with Crippen LogP contribution in [0.4, 0.5) is 18.9 Å². The molecule has 0 aliphatic carbocycles. The lowest BCUT2D eigenvalue weighted by Gasteiger charge is -2.20. The number of hydrogen-bond donors (Lipinski definition) is 1. The van der Waals surface area contributed by atoms with Crippen molar-refractivity contribution in [1.82, 2.24) is 0 Å². The van der Waals surface area contributed by atoms with Gasteiger partial charge in [0.1, 0.15) is 6.10 Å². The van der Waals surface area contributed by atoms with Crippen molar-refractivity contribution in [2.45, 2.75) is 25.6 Å². The average Bonchev–Trinajstić information content (AvgIpc) is 2.84. The minimum absolute atomic E-state index is 0.308. The highest BCUT2D eigenvalue weighted by Gasteiger charge is 2.35. The van der Waals surface area contributed by atoms with E-state index in [2.05, 4.69) is 0 Å². The van der Waals surface area contributed by atoms with Crippen LogP contribution in [-0.2, 0) is 15.7 Å². The van der Waals surface area contributed by atoms with Crippen LogP contribution in [0.1, 0.15) is 29.3 Å². The van der Waals surface area contributed by atoms with Gasteiger partial charge in [0.25, 0.3) is 0 Å². The van der Waals surface area contributed by atoms with Gasteiger partial charge in [0.2, 0.25) is 5.91 Å². The summed E-state index contributed by atoms with van der Waals surface area (Å²) in [6.07, 6.45) is -4.38. The van der Waals surface area contributed by atoms with Gasteiger partial charge in [-0.1, -0.05) is 0 Å². The summed E-state index contributed by atoms with van der Waals surface area (Å²) in [5.74, 6) is -1.54. The Balaban J connectivity index is 2.25. The van der Waals surface area contributed by atoms with E-state index in [-0.39, 0.29) is 6.10 Å². The summed E-state index contributed by atoms with van der Waals surface area (Å²) in [6.45, 7) is 2.18. The van der Waals surface area contributed by atoms with Crippen molar-refractivity contribution in [3.63, 3.8) is 0 Å². The number of nitrogens with zero attached hydrogens (tertiary/aromatic N) is 1. The minimum atomic E-state index is -4.64. The number of hydrogen-bond acceptors (Lipinski definition) is 4. The Hall–Kier alpha value is -2.25. The van der Waals surface area contributed by atoms with Crippen LogP contribution in [0, 0.1) is 0 Å². The molecular weight excluding hydrogens is 301 g/mol. The molecule has 1 fully saturated rings. The SMILES string of the molecule is CC(=O)OC1CCN(c2ccc(C(F)(F)F)c(C(N)=O)c2)C1. The molecule has 0 saturated carbocycles. The molecule has 0 radical (unpaired) electrons. The predicted octanol–water partition coefficient (Wildman–Crippen LogP) is 1.95. The number of rotatable bonds is 3. The largest absolute Gasteiger partial charge is 0.461 e. The van der Waals surface area contributed by atoms with Crippen molar-refractivity contribution in [2.75, 3.05) is 18.0 Å². The third-order valence-electron chi connectivity index (χ3n) is 3.42. The van der Waals surface area contributed by atoms with Crippen molar-refractivity contribution in [3.8, 4) is 0 Å². The molecule has 1 saturated heterocycles. The smallest absolute Gasteiger partial charge is 0.417 e. The summed E-state index contributed by atoms with van der Waals surface area (Å²) >= 11 is 0. The van der Waals surface area contributed by atoms with Gasteiger partial charge >= 0.3 is 12.1 Å². The van der Waals surface area contributed by atoms with E-state index < -0.39 is 29.2 Å². The fourth-order valence-corrected chi connectivity index (χ4v) is 2.47. The summed E-state index contributed by atoms with van der Waals surface area (Å²) < 4.78 is 43.6. The van der Waals surface area contributed by atoms with Crippen molar-refractivity contribution >= 4 is 17.6 Å². The van der Waals surface area contributed by atoms with Crippen molar-refractivity contribution in [2.24, 2.45) is 5.73 Å². The maximum atomic E-state index is 12.8. The number of anilines is 1. The number of primary amides is 1. The van der Waals surface area contributed by atoms with Gasteiger partial charge in [0.05, 0.1) is 17.7 Å². The quantitative estimate of drug-likeness (QED) is 0.865. The molecule has 120 valence electrons. The number of amides is 1. The molecule has 0 spiro atoms. The molecule has 22 heavy (non-hydrogen) atoms. The zero-order valence-electron chi connectivity index (χ0n) is 11.8. The number of nitrogens with two attached hydrogens (primary N) is 1. The zero-order chi connectivity index (χ0) is 16.5. The van der Waals surface area contributed by atoms with Gasteiger partial charge in [0, 0.05) is 25.6 Å². The number of carbonyl (C=O) groups excluding carboxylic acids is 2. The lowest BCUT2D eigenvalue weighted by molar-refractivity contribution is -0.145. The number of esters is 1. The van der Waals surface area contributed by atoms with Crippen LogP contribution in [0.3, 0.4) is 0 Å². The summed E-state index contributed by atoms with van der Waals surface area (Å²) in [7, 11) is 0. The molecule has 2 N–H and O–H groups in total. The van der Waals surface area contributed by atoms with Crippen molar-refractivity contribution in [1.29, 1.82) is 0 Å². The van der Waals surface area contributed by atoms with Crippen LogP contribution in [0.5, 0.6) is 0 Å². The van der Waals surface area contributed by atoms with Gasteiger partial charge < -0.3 is 15.4 Å². The maximum absolute atomic E-state index is 12.8. The van der Waals surface area contributed by atoms with Crippen LogP contribution in [0.15, 0.2) is 18.2 Å². The van der Waals surface area contributed by atoms with Crippen LogP contribution in [-0.4, -0.2) is 31.1 Å². The molecule has 2 rings (SSSR count). The monoisotopic (exact) mass is 316 g/mol. The molecule has 1 aromatic carbocycles. The van der Waals surface area contributed by atoms with Gasteiger partial charge in [-0.3, -0.25) is 9.59 Å². The average molecular weight is 316 g/mol. The molecule has 0 bridgehead atoms. The lowest BCUT2D eigenvalue weighted by Crippen LogP contribution is -2.25. The number of alkyl halides is 3. The zero-order valence-corrected chi connectivity index (χ0v) is 11.8. The fraction of sp³-hybridized carbons (Fsp3) is 0.429. The predicted molar refractivity (Wildman–Crippen MR) is 72.3 cm³/mol. The number of halogens is 3. The maximum Gasteiger partial charge on any atom is 0.417 e. The second kappa shape index (κ2) is 5.86. The van der Waals surface area contributed by atoms with E-state index in [1.807, 2.05) is 0 Å². The summed E-state index contributed by atoms with van der Waals surface area (Å²) in [4.78, 5) is 23.9. The highest BCUT2D eigenvalue weighted by Crippen LogP contribution is 2.34. The molecular formula is C14H15F3N2O3. The van der Waals surface area contributed by atoms with Crippen LogP contribution >= 0.6 is 0 Å². The topological polar surface area (TPSA) is 72.6 Å². The first-order valence-corrected chi connectivity index (χ1v) is 6.61. The van der Waals surface area contributed by atoms with Gasteiger partial charge in [0.15, 0.2) is 0 Å². The summed E-state index contributed by atoms with van der Waals surface area (Å²) in [5.41, 5.74) is 3.86. The van der Waals surface area contributed by atoms with Crippen molar-refractivity contribution in [3.05, 3.63) is 29.3 Å². The molecule has 1 amide bonds. The Labute approximate surface area is 124 Å². The molecule has 1 aliphatic heterocycles. The molecule has 8 heteroatoms. The fourth-order valence-electron chi connectivity index (χ4n) is 2.47. The van der Waals surface area contributed by atoms with Gasteiger partial charge in [-0.25, -0.2) is 0 Å². The molecule has 1 heterocycles. The standard InChI is InChI=1S/C14H15F3N2O3/c1-8(20)22-10-4-5-19(7-10)9-2-3-12(14(15,16)17)11(6-9)13(18)21/h2-3,6,10H,4-5,7H2,1H3,(H2,18,21). The Morgan fingerprint density at radius 2 is 2.05 bits per heavy atom. The molecule has 1 aromatic rings. The second-order valence-electron chi connectivity index (χ2n) is 5.06. The third kappa shape index (κ3) is 3.49. The molecule has 1 unspecified atom stereocenters. The number of carbonyl (C=O) groups is 2. The minimum Gasteiger partial charge on any atom is -0.461 e. The van der Waals surface area contributed by atoms with E-state index in [1.165, 1.54) is 13.0 Å². The highest BCUT2D eigenvalue weighted by molar-refractivity contribution is 5.95. The first-order valence-electron chi connectivity index (χ1n) is 6.61. The number of ether oxygens (including phenoxy) is 1. The van der Waals surface area contributed by atoms with Crippen LogP contribution in [0.2, 0.25) is 0 Å². The first kappa shape index (κ1) is 16.1. The van der Waals surface area contributed by atoms with E-state index in [1.54, 1.807) is 4.90 Å².